The van der Waals surface area contributed by atoms with E-state index in [1.165, 1.54) is 24.3 Å². The second-order valence-corrected chi connectivity index (χ2v) is 6.60. The fourth-order valence-electron chi connectivity index (χ4n) is 3.13. The molecule has 0 saturated carbocycles. The van der Waals surface area contributed by atoms with Crippen molar-refractivity contribution in [3.8, 4) is 5.75 Å². The van der Waals surface area contributed by atoms with Gasteiger partial charge in [0.05, 0.1) is 12.2 Å². The van der Waals surface area contributed by atoms with Crippen molar-refractivity contribution < 1.29 is 27.8 Å². The van der Waals surface area contributed by atoms with Gasteiger partial charge in [0.2, 0.25) is 0 Å². The van der Waals surface area contributed by atoms with Crippen LogP contribution >= 0.6 is 0 Å². The number of pyridine rings is 1. The molecular formula is C19H19F3N2O3. The van der Waals surface area contributed by atoms with Crippen LogP contribution < -0.4 is 9.64 Å². The van der Waals surface area contributed by atoms with Crippen molar-refractivity contribution in [1.29, 1.82) is 0 Å². The molecular weight excluding hydrogens is 361 g/mol. The largest absolute Gasteiger partial charge is 0.493 e. The van der Waals surface area contributed by atoms with Gasteiger partial charge in [-0.2, -0.15) is 13.2 Å². The van der Waals surface area contributed by atoms with Gasteiger partial charge in [-0.3, -0.25) is 0 Å². The average molecular weight is 380 g/mol. The Morgan fingerprint density at radius 1 is 1.33 bits per heavy atom. The zero-order chi connectivity index (χ0) is 19.6. The third-order valence-corrected chi connectivity index (χ3v) is 4.45. The number of nitrogens with zero attached hydrogens (tertiary/aromatic N) is 2. The second kappa shape index (κ2) is 7.46. The molecule has 1 aromatic carbocycles. The van der Waals surface area contributed by atoms with Crippen LogP contribution in [0.3, 0.4) is 0 Å². The van der Waals surface area contributed by atoms with Crippen LogP contribution in [0.2, 0.25) is 0 Å². The molecule has 0 spiro atoms. The first kappa shape index (κ1) is 19.0. The van der Waals surface area contributed by atoms with E-state index in [2.05, 4.69) is 4.98 Å². The highest BCUT2D eigenvalue weighted by Gasteiger charge is 2.34. The van der Waals surface area contributed by atoms with Gasteiger partial charge in [-0.05, 0) is 43.2 Å². The van der Waals surface area contributed by atoms with Crippen molar-refractivity contribution in [2.24, 2.45) is 5.92 Å². The molecule has 1 saturated heterocycles. The van der Waals surface area contributed by atoms with Gasteiger partial charge in [0.25, 0.3) is 0 Å². The minimum atomic E-state index is -4.46. The maximum absolute atomic E-state index is 13.0. The van der Waals surface area contributed by atoms with Gasteiger partial charge in [0.1, 0.15) is 11.6 Å². The van der Waals surface area contributed by atoms with E-state index < -0.39 is 17.7 Å². The molecule has 3 rings (SSSR count). The van der Waals surface area contributed by atoms with E-state index in [0.717, 1.165) is 18.1 Å². The highest BCUT2D eigenvalue weighted by atomic mass is 19.4. The third kappa shape index (κ3) is 4.50. The van der Waals surface area contributed by atoms with Crippen LogP contribution in [-0.2, 0) is 6.18 Å². The zero-order valence-electron chi connectivity index (χ0n) is 14.7. The summed E-state index contributed by atoms with van der Waals surface area (Å²) in [5.41, 5.74) is -0.0219. The molecule has 1 unspecified atom stereocenters. The average Bonchev–Trinajstić information content (AvgIpc) is 3.08. The molecule has 0 amide bonds. The molecule has 8 heteroatoms. The van der Waals surface area contributed by atoms with E-state index in [-0.39, 0.29) is 24.0 Å². The van der Waals surface area contributed by atoms with Crippen LogP contribution in [-0.4, -0.2) is 35.8 Å². The number of aryl methyl sites for hydroxylation is 1. The number of carbonyl (C=O) groups is 1. The van der Waals surface area contributed by atoms with E-state index in [0.29, 0.717) is 18.9 Å². The Balaban J connectivity index is 1.66. The quantitative estimate of drug-likeness (QED) is 0.849. The minimum absolute atomic E-state index is 0.0243. The predicted octanol–water partition coefficient (Wildman–Crippen LogP) is 4.01. The Labute approximate surface area is 154 Å². The Bertz CT molecular complexity index is 839. The molecule has 1 atom stereocenters. The number of carboxylic acids is 1. The van der Waals surface area contributed by atoms with Crippen molar-refractivity contribution >= 4 is 11.8 Å². The van der Waals surface area contributed by atoms with Gasteiger partial charge < -0.3 is 14.7 Å². The maximum Gasteiger partial charge on any atom is 0.419 e. The Morgan fingerprint density at radius 2 is 2.07 bits per heavy atom. The van der Waals surface area contributed by atoms with Crippen molar-refractivity contribution in [1.82, 2.24) is 4.98 Å². The first-order valence-electron chi connectivity index (χ1n) is 8.50. The monoisotopic (exact) mass is 380 g/mol. The lowest BCUT2D eigenvalue weighted by Crippen LogP contribution is -2.23. The number of hydrogen-bond acceptors (Lipinski definition) is 4. The summed E-state index contributed by atoms with van der Waals surface area (Å²) in [5.74, 6) is -0.680. The fraction of sp³-hybridized carbons (Fsp3) is 0.368. The fourth-order valence-corrected chi connectivity index (χ4v) is 3.13. The summed E-state index contributed by atoms with van der Waals surface area (Å²) >= 11 is 0. The van der Waals surface area contributed by atoms with E-state index in [1.54, 1.807) is 13.0 Å². The molecule has 0 radical (unpaired) electrons. The van der Waals surface area contributed by atoms with Gasteiger partial charge >= 0.3 is 12.1 Å². The molecule has 2 heterocycles. The molecule has 1 fully saturated rings. The van der Waals surface area contributed by atoms with Crippen LogP contribution in [0.5, 0.6) is 5.75 Å². The van der Waals surface area contributed by atoms with Crippen LogP contribution in [0.25, 0.3) is 0 Å². The number of halogens is 3. The number of para-hydroxylation sites is 1. The molecule has 2 aromatic rings. The van der Waals surface area contributed by atoms with Crippen LogP contribution in [0, 0.1) is 12.8 Å². The lowest BCUT2D eigenvalue weighted by atomic mass is 10.1. The minimum Gasteiger partial charge on any atom is -0.493 e. The number of aromatic carboxylic acids is 1. The van der Waals surface area contributed by atoms with E-state index in [1.807, 2.05) is 4.90 Å². The number of hydrogen-bond donors (Lipinski definition) is 1. The van der Waals surface area contributed by atoms with Crippen LogP contribution in [0.1, 0.15) is 28.0 Å². The second-order valence-electron chi connectivity index (χ2n) is 6.60. The molecule has 1 N–H and O–H groups in total. The predicted molar refractivity (Wildman–Crippen MR) is 93.2 cm³/mol. The Morgan fingerprint density at radius 3 is 2.78 bits per heavy atom. The highest BCUT2D eigenvalue weighted by Crippen LogP contribution is 2.36. The molecule has 144 valence electrons. The van der Waals surface area contributed by atoms with Gasteiger partial charge in [-0.1, -0.05) is 12.1 Å². The lowest BCUT2D eigenvalue weighted by Gasteiger charge is -2.19. The van der Waals surface area contributed by atoms with E-state index >= 15 is 0 Å². The van der Waals surface area contributed by atoms with Crippen LogP contribution in [0.4, 0.5) is 19.0 Å². The van der Waals surface area contributed by atoms with Gasteiger partial charge in [-0.25, -0.2) is 9.78 Å². The van der Waals surface area contributed by atoms with Crippen molar-refractivity contribution in [2.75, 3.05) is 24.6 Å². The molecule has 0 bridgehead atoms. The standard InChI is InChI=1S/C19H19F3N2O3/c1-12-8-15(18(25)26)23-17(9-12)24-7-6-13(10-24)11-27-16-5-3-2-4-14(16)19(20,21)22/h2-5,8-9,13H,6-7,10-11H2,1H3,(H,25,26). The summed E-state index contributed by atoms with van der Waals surface area (Å²) in [6.07, 6.45) is -3.73. The number of anilines is 1. The first-order chi connectivity index (χ1) is 12.7. The van der Waals surface area contributed by atoms with Crippen molar-refractivity contribution in [3.63, 3.8) is 0 Å². The number of carboxylic acid groups (broad SMARTS) is 1. The third-order valence-electron chi connectivity index (χ3n) is 4.45. The molecule has 0 aliphatic carbocycles. The Kier molecular flexibility index (Phi) is 5.25. The zero-order valence-corrected chi connectivity index (χ0v) is 14.7. The Hall–Kier alpha value is -2.77. The SMILES string of the molecule is Cc1cc(C(=O)O)nc(N2CCC(COc3ccccc3C(F)(F)F)C2)c1. The van der Waals surface area contributed by atoms with Crippen LogP contribution in [0.15, 0.2) is 36.4 Å². The van der Waals surface area contributed by atoms with E-state index in [9.17, 15) is 18.0 Å². The maximum atomic E-state index is 13.0. The number of benzene rings is 1. The van der Waals surface area contributed by atoms with Crippen molar-refractivity contribution in [3.05, 3.63) is 53.2 Å². The summed E-state index contributed by atoms with van der Waals surface area (Å²) in [6, 6.07) is 8.45. The van der Waals surface area contributed by atoms with E-state index in [4.69, 9.17) is 9.84 Å². The van der Waals surface area contributed by atoms with Gasteiger partial charge in [0, 0.05) is 19.0 Å². The summed E-state index contributed by atoms with van der Waals surface area (Å²) < 4.78 is 44.5. The summed E-state index contributed by atoms with van der Waals surface area (Å²) in [5, 5.41) is 9.14. The molecule has 27 heavy (non-hydrogen) atoms. The topological polar surface area (TPSA) is 62.7 Å². The summed E-state index contributed by atoms with van der Waals surface area (Å²) in [6.45, 7) is 3.14. The first-order valence-corrected chi connectivity index (χ1v) is 8.50. The number of ether oxygens (including phenoxy) is 1. The number of aromatic nitrogens is 1. The lowest BCUT2D eigenvalue weighted by molar-refractivity contribution is -0.139. The molecule has 5 nitrogen and oxygen atoms in total. The number of rotatable bonds is 5. The van der Waals surface area contributed by atoms with Gasteiger partial charge in [-0.15, -0.1) is 0 Å². The smallest absolute Gasteiger partial charge is 0.419 e. The van der Waals surface area contributed by atoms with Gasteiger partial charge in [0.15, 0.2) is 5.69 Å². The number of alkyl halides is 3. The molecule has 1 aromatic heterocycles. The molecule has 1 aliphatic rings. The summed E-state index contributed by atoms with van der Waals surface area (Å²) in [7, 11) is 0. The molecule has 1 aliphatic heterocycles. The highest BCUT2D eigenvalue weighted by molar-refractivity contribution is 5.86. The summed E-state index contributed by atoms with van der Waals surface area (Å²) in [4.78, 5) is 17.2. The van der Waals surface area contributed by atoms with Crippen molar-refractivity contribution in [2.45, 2.75) is 19.5 Å². The normalized spacial score (nSPS) is 17.2.